The Kier molecular flexibility index (Phi) is 4.41. The van der Waals surface area contributed by atoms with Gasteiger partial charge in [-0.05, 0) is 72.8 Å². The molecule has 0 atom stereocenters. The molecular formula is C19H22IN5. The molecule has 3 heterocycles. The van der Waals surface area contributed by atoms with E-state index in [2.05, 4.69) is 86.7 Å². The van der Waals surface area contributed by atoms with Crippen LogP contribution in [0.3, 0.4) is 0 Å². The summed E-state index contributed by atoms with van der Waals surface area (Å²) in [4.78, 5) is 8.05. The molecule has 0 spiro atoms. The van der Waals surface area contributed by atoms with Crippen molar-refractivity contribution in [3.63, 3.8) is 0 Å². The first-order valence-electron chi connectivity index (χ1n) is 8.58. The predicted octanol–water partition coefficient (Wildman–Crippen LogP) is 3.60. The number of nitrogens with one attached hydrogen (secondary N) is 1. The van der Waals surface area contributed by atoms with Gasteiger partial charge in [-0.1, -0.05) is 0 Å². The maximum atomic E-state index is 4.42. The van der Waals surface area contributed by atoms with Crippen molar-refractivity contribution in [1.82, 2.24) is 20.1 Å². The Bertz CT molecular complexity index is 902. The third-order valence-corrected chi connectivity index (χ3v) is 5.89. The number of hydrogen-bond donors (Lipinski definition) is 1. The average molecular weight is 447 g/mol. The van der Waals surface area contributed by atoms with Crippen molar-refractivity contribution in [2.75, 3.05) is 38.1 Å². The SMILES string of the molecule is Cc1cc(-c2cc3c(I)c[nH]c3nn2)cc(C)c1N1CCN(C)CC1. The summed E-state index contributed by atoms with van der Waals surface area (Å²) in [5.74, 6) is 0. The molecule has 1 aromatic carbocycles. The monoisotopic (exact) mass is 447 g/mol. The number of benzene rings is 1. The minimum atomic E-state index is 0.843. The topological polar surface area (TPSA) is 48.1 Å². The number of aromatic amines is 1. The van der Waals surface area contributed by atoms with Crippen LogP contribution in [-0.2, 0) is 0 Å². The molecule has 130 valence electrons. The Hall–Kier alpha value is -1.67. The number of aromatic nitrogens is 3. The smallest absolute Gasteiger partial charge is 0.161 e. The van der Waals surface area contributed by atoms with Gasteiger partial charge in [0, 0.05) is 52.6 Å². The van der Waals surface area contributed by atoms with Gasteiger partial charge in [-0.3, -0.25) is 0 Å². The molecule has 2 aromatic heterocycles. The summed E-state index contributed by atoms with van der Waals surface area (Å²) in [6, 6.07) is 6.62. The molecule has 1 fully saturated rings. The van der Waals surface area contributed by atoms with E-state index in [1.807, 2.05) is 6.20 Å². The van der Waals surface area contributed by atoms with Crippen LogP contribution in [0.2, 0.25) is 0 Å². The van der Waals surface area contributed by atoms with Crippen molar-refractivity contribution in [3.8, 4) is 11.3 Å². The molecule has 6 heteroatoms. The van der Waals surface area contributed by atoms with E-state index in [0.717, 1.165) is 48.5 Å². The van der Waals surface area contributed by atoms with E-state index in [1.165, 1.54) is 20.4 Å². The summed E-state index contributed by atoms with van der Waals surface area (Å²) in [5, 5.41) is 9.88. The second-order valence-electron chi connectivity index (χ2n) is 6.88. The van der Waals surface area contributed by atoms with Gasteiger partial charge in [0.15, 0.2) is 5.65 Å². The summed E-state index contributed by atoms with van der Waals surface area (Å²) in [6.07, 6.45) is 1.97. The molecule has 1 aliphatic rings. The fourth-order valence-electron chi connectivity index (χ4n) is 3.66. The van der Waals surface area contributed by atoms with Gasteiger partial charge in [0.2, 0.25) is 0 Å². The van der Waals surface area contributed by atoms with Crippen LogP contribution < -0.4 is 4.90 Å². The highest BCUT2D eigenvalue weighted by atomic mass is 127. The number of H-pyrrole nitrogens is 1. The average Bonchev–Trinajstić information content (AvgIpc) is 2.96. The Labute approximate surface area is 161 Å². The molecule has 3 aromatic rings. The maximum Gasteiger partial charge on any atom is 0.161 e. The van der Waals surface area contributed by atoms with Gasteiger partial charge in [-0.15, -0.1) is 10.2 Å². The van der Waals surface area contributed by atoms with Crippen LogP contribution in [0.4, 0.5) is 5.69 Å². The number of hydrogen-bond acceptors (Lipinski definition) is 4. The predicted molar refractivity (Wildman–Crippen MR) is 111 cm³/mol. The van der Waals surface area contributed by atoms with Crippen molar-refractivity contribution in [3.05, 3.63) is 39.1 Å². The molecule has 0 bridgehead atoms. The third kappa shape index (κ3) is 3.13. The highest BCUT2D eigenvalue weighted by molar-refractivity contribution is 14.1. The lowest BCUT2D eigenvalue weighted by molar-refractivity contribution is 0.312. The lowest BCUT2D eigenvalue weighted by Crippen LogP contribution is -2.45. The van der Waals surface area contributed by atoms with Gasteiger partial charge >= 0.3 is 0 Å². The summed E-state index contributed by atoms with van der Waals surface area (Å²) in [6.45, 7) is 8.82. The standard InChI is InChI=1S/C19H22IN5/c1-12-8-14(17-10-15-16(20)11-21-19(15)23-22-17)9-13(2)18(12)25-6-4-24(3)5-7-25/h8-11H,4-7H2,1-3H3,(H,21,23). The van der Waals surface area contributed by atoms with Gasteiger partial charge < -0.3 is 14.8 Å². The van der Waals surface area contributed by atoms with E-state index in [1.54, 1.807) is 0 Å². The fraction of sp³-hybridized carbons (Fsp3) is 0.368. The highest BCUT2D eigenvalue weighted by Crippen LogP contribution is 2.32. The quantitative estimate of drug-likeness (QED) is 0.611. The molecule has 0 aliphatic carbocycles. The normalized spacial score (nSPS) is 15.9. The van der Waals surface area contributed by atoms with Crippen LogP contribution in [-0.4, -0.2) is 53.3 Å². The summed E-state index contributed by atoms with van der Waals surface area (Å²) >= 11 is 2.33. The molecule has 0 saturated carbocycles. The molecular weight excluding hydrogens is 425 g/mol. The van der Waals surface area contributed by atoms with E-state index in [-0.39, 0.29) is 0 Å². The van der Waals surface area contributed by atoms with Crippen LogP contribution in [0.15, 0.2) is 24.4 Å². The van der Waals surface area contributed by atoms with Crippen LogP contribution >= 0.6 is 22.6 Å². The Morgan fingerprint density at radius 2 is 1.68 bits per heavy atom. The molecule has 1 saturated heterocycles. The summed E-state index contributed by atoms with van der Waals surface area (Å²) in [7, 11) is 2.19. The second-order valence-corrected chi connectivity index (χ2v) is 8.04. The van der Waals surface area contributed by atoms with Gasteiger partial charge in [0.05, 0.1) is 5.69 Å². The van der Waals surface area contributed by atoms with Crippen LogP contribution in [0.5, 0.6) is 0 Å². The van der Waals surface area contributed by atoms with Crippen molar-refractivity contribution in [2.45, 2.75) is 13.8 Å². The Balaban J connectivity index is 1.72. The molecule has 1 N–H and O–H groups in total. The Morgan fingerprint density at radius 3 is 2.36 bits per heavy atom. The van der Waals surface area contributed by atoms with E-state index < -0.39 is 0 Å². The number of likely N-dealkylation sites (N-methyl/N-ethyl adjacent to an activating group) is 1. The summed E-state index contributed by atoms with van der Waals surface area (Å²) in [5.41, 5.74) is 6.91. The minimum absolute atomic E-state index is 0.843. The van der Waals surface area contributed by atoms with Gasteiger partial charge in [0.25, 0.3) is 0 Å². The molecule has 0 unspecified atom stereocenters. The van der Waals surface area contributed by atoms with Crippen molar-refractivity contribution in [1.29, 1.82) is 0 Å². The van der Waals surface area contributed by atoms with Crippen LogP contribution in [0.25, 0.3) is 22.3 Å². The highest BCUT2D eigenvalue weighted by Gasteiger charge is 2.19. The lowest BCUT2D eigenvalue weighted by atomic mass is 10.0. The number of aryl methyl sites for hydroxylation is 2. The van der Waals surface area contributed by atoms with Crippen molar-refractivity contribution < 1.29 is 0 Å². The van der Waals surface area contributed by atoms with Crippen molar-refractivity contribution >= 4 is 39.3 Å². The van der Waals surface area contributed by atoms with E-state index >= 15 is 0 Å². The minimum Gasteiger partial charge on any atom is -0.369 e. The Morgan fingerprint density at radius 1 is 1.00 bits per heavy atom. The number of halogens is 1. The lowest BCUT2D eigenvalue weighted by Gasteiger charge is -2.36. The zero-order chi connectivity index (χ0) is 17.6. The zero-order valence-corrected chi connectivity index (χ0v) is 17.0. The molecule has 1 aliphatic heterocycles. The number of rotatable bonds is 2. The van der Waals surface area contributed by atoms with Gasteiger partial charge in [-0.25, -0.2) is 0 Å². The largest absolute Gasteiger partial charge is 0.369 e. The van der Waals surface area contributed by atoms with E-state index in [9.17, 15) is 0 Å². The number of fused-ring (bicyclic) bond motifs is 1. The van der Waals surface area contributed by atoms with Crippen LogP contribution in [0, 0.1) is 17.4 Å². The molecule has 4 rings (SSSR count). The number of anilines is 1. The van der Waals surface area contributed by atoms with E-state index in [0.29, 0.717) is 0 Å². The van der Waals surface area contributed by atoms with Gasteiger partial charge in [0.1, 0.15) is 0 Å². The van der Waals surface area contributed by atoms with Crippen LogP contribution in [0.1, 0.15) is 11.1 Å². The maximum absolute atomic E-state index is 4.42. The zero-order valence-electron chi connectivity index (χ0n) is 14.8. The molecule has 0 radical (unpaired) electrons. The van der Waals surface area contributed by atoms with E-state index in [4.69, 9.17) is 0 Å². The first-order valence-corrected chi connectivity index (χ1v) is 9.66. The molecule has 25 heavy (non-hydrogen) atoms. The summed E-state index contributed by atoms with van der Waals surface area (Å²) < 4.78 is 1.17. The second kappa shape index (κ2) is 6.57. The third-order valence-electron chi connectivity index (χ3n) is 4.99. The van der Waals surface area contributed by atoms with Gasteiger partial charge in [-0.2, -0.15) is 0 Å². The first-order chi connectivity index (χ1) is 12.0. The van der Waals surface area contributed by atoms with Crippen molar-refractivity contribution in [2.24, 2.45) is 0 Å². The molecule has 5 nitrogen and oxygen atoms in total. The first kappa shape index (κ1) is 16.8. The number of nitrogens with zero attached hydrogens (tertiary/aromatic N) is 4. The molecule has 0 amide bonds. The number of piperazine rings is 1. The fourth-order valence-corrected chi connectivity index (χ4v) is 4.23.